The first-order valence-electron chi connectivity index (χ1n) is 9.39. The molecule has 2 aliphatic rings. The molecular formula is C20H28N2O5. The maximum atomic E-state index is 12.0. The first-order valence-corrected chi connectivity index (χ1v) is 9.39. The molecule has 1 amide bonds. The van der Waals surface area contributed by atoms with Crippen LogP contribution in [0.3, 0.4) is 0 Å². The molecule has 7 heteroatoms. The van der Waals surface area contributed by atoms with Crippen LogP contribution in [0.15, 0.2) is 18.2 Å². The van der Waals surface area contributed by atoms with Crippen LogP contribution in [0.25, 0.3) is 0 Å². The minimum absolute atomic E-state index is 0.109. The molecule has 0 saturated carbocycles. The van der Waals surface area contributed by atoms with Gasteiger partial charge in [-0.15, -0.1) is 0 Å². The van der Waals surface area contributed by atoms with Crippen molar-refractivity contribution >= 4 is 11.9 Å². The zero-order chi connectivity index (χ0) is 19.6. The van der Waals surface area contributed by atoms with Gasteiger partial charge < -0.3 is 19.5 Å². The molecule has 0 unspecified atom stereocenters. The SMILES string of the molecule is COc1cccc([C@H]2CN(C3CCN(C(C)=O)CC3)C[C@@H]2C(=O)O)c1OC. The Hall–Kier alpha value is -2.28. The average Bonchev–Trinajstić information content (AvgIpc) is 3.12. The Labute approximate surface area is 159 Å². The van der Waals surface area contributed by atoms with Crippen LogP contribution >= 0.6 is 0 Å². The van der Waals surface area contributed by atoms with Gasteiger partial charge in [0.1, 0.15) is 0 Å². The highest BCUT2D eigenvalue weighted by atomic mass is 16.5. The third kappa shape index (κ3) is 3.88. The highest BCUT2D eigenvalue weighted by Crippen LogP contribution is 2.42. The van der Waals surface area contributed by atoms with E-state index in [1.54, 1.807) is 21.1 Å². The summed E-state index contributed by atoms with van der Waals surface area (Å²) in [7, 11) is 3.17. The predicted octanol–water partition coefficient (Wildman–Crippen LogP) is 1.81. The topological polar surface area (TPSA) is 79.3 Å². The fraction of sp³-hybridized carbons (Fsp3) is 0.600. The molecular weight excluding hydrogens is 348 g/mol. The maximum Gasteiger partial charge on any atom is 0.308 e. The van der Waals surface area contributed by atoms with Gasteiger partial charge in [0.2, 0.25) is 5.91 Å². The van der Waals surface area contributed by atoms with Crippen molar-refractivity contribution in [2.75, 3.05) is 40.4 Å². The van der Waals surface area contributed by atoms with Crippen LogP contribution in [0, 0.1) is 5.92 Å². The Morgan fingerprint density at radius 1 is 1.11 bits per heavy atom. The van der Waals surface area contributed by atoms with Crippen molar-refractivity contribution in [1.82, 2.24) is 9.80 Å². The molecule has 0 aromatic heterocycles. The van der Waals surface area contributed by atoms with Gasteiger partial charge in [-0.2, -0.15) is 0 Å². The van der Waals surface area contributed by atoms with Crippen LogP contribution < -0.4 is 9.47 Å². The van der Waals surface area contributed by atoms with Crippen molar-refractivity contribution in [2.24, 2.45) is 5.92 Å². The number of amides is 1. The van der Waals surface area contributed by atoms with Crippen LogP contribution in [-0.2, 0) is 9.59 Å². The molecule has 1 aromatic carbocycles. The summed E-state index contributed by atoms with van der Waals surface area (Å²) in [4.78, 5) is 27.6. The largest absolute Gasteiger partial charge is 0.493 e. The number of para-hydroxylation sites is 1. The number of nitrogens with zero attached hydrogens (tertiary/aromatic N) is 2. The molecule has 7 nitrogen and oxygen atoms in total. The molecule has 3 rings (SSSR count). The summed E-state index contributed by atoms with van der Waals surface area (Å²) in [5, 5.41) is 9.81. The fourth-order valence-corrected chi connectivity index (χ4v) is 4.45. The smallest absolute Gasteiger partial charge is 0.308 e. The van der Waals surface area contributed by atoms with Crippen molar-refractivity contribution in [3.05, 3.63) is 23.8 Å². The second-order valence-electron chi connectivity index (χ2n) is 7.33. The van der Waals surface area contributed by atoms with E-state index in [4.69, 9.17) is 9.47 Å². The minimum Gasteiger partial charge on any atom is -0.493 e. The zero-order valence-electron chi connectivity index (χ0n) is 16.2. The molecule has 2 heterocycles. The fourth-order valence-electron chi connectivity index (χ4n) is 4.45. The van der Waals surface area contributed by atoms with E-state index in [9.17, 15) is 14.7 Å². The maximum absolute atomic E-state index is 12.0. The van der Waals surface area contributed by atoms with E-state index in [1.807, 2.05) is 23.1 Å². The van der Waals surface area contributed by atoms with Gasteiger partial charge in [-0.25, -0.2) is 0 Å². The van der Waals surface area contributed by atoms with Gasteiger partial charge in [0.15, 0.2) is 11.5 Å². The number of carboxylic acids is 1. The van der Waals surface area contributed by atoms with Crippen molar-refractivity contribution in [3.63, 3.8) is 0 Å². The van der Waals surface area contributed by atoms with Crippen LogP contribution in [0.5, 0.6) is 11.5 Å². The summed E-state index contributed by atoms with van der Waals surface area (Å²) >= 11 is 0. The molecule has 1 aromatic rings. The molecule has 148 valence electrons. The number of piperidine rings is 1. The van der Waals surface area contributed by atoms with Crippen LogP contribution in [0.1, 0.15) is 31.2 Å². The van der Waals surface area contributed by atoms with Crippen LogP contribution in [-0.4, -0.2) is 73.2 Å². The van der Waals surface area contributed by atoms with Gasteiger partial charge in [0, 0.05) is 50.6 Å². The molecule has 2 saturated heterocycles. The molecule has 1 N–H and O–H groups in total. The first kappa shape index (κ1) is 19.5. The summed E-state index contributed by atoms with van der Waals surface area (Å²) in [6, 6.07) is 5.94. The number of hydrogen-bond donors (Lipinski definition) is 1. The molecule has 0 aliphatic carbocycles. The Morgan fingerprint density at radius 2 is 1.81 bits per heavy atom. The van der Waals surface area contributed by atoms with Crippen LogP contribution in [0.2, 0.25) is 0 Å². The van der Waals surface area contributed by atoms with Gasteiger partial charge in [-0.05, 0) is 18.9 Å². The van der Waals surface area contributed by atoms with E-state index in [1.165, 1.54) is 0 Å². The molecule has 2 atom stereocenters. The number of hydrogen-bond acceptors (Lipinski definition) is 5. The number of rotatable bonds is 5. The summed E-state index contributed by atoms with van der Waals surface area (Å²) in [5.41, 5.74) is 0.882. The molecule has 2 fully saturated rings. The number of methoxy groups -OCH3 is 2. The standard InChI is InChI=1S/C20H28N2O5/c1-13(23)21-9-7-14(8-10-21)22-11-16(17(12-22)20(24)25)15-5-4-6-18(26-2)19(15)27-3/h4-6,14,16-17H,7-12H2,1-3H3,(H,24,25)/t16-,17+/m1/s1. The second kappa shape index (κ2) is 8.17. The van der Waals surface area contributed by atoms with E-state index in [2.05, 4.69) is 4.90 Å². The Morgan fingerprint density at radius 3 is 2.37 bits per heavy atom. The Kier molecular flexibility index (Phi) is 5.89. The lowest BCUT2D eigenvalue weighted by Crippen LogP contribution is -2.45. The number of carboxylic acid groups (broad SMARTS) is 1. The quantitative estimate of drug-likeness (QED) is 0.844. The van der Waals surface area contributed by atoms with E-state index in [0.29, 0.717) is 30.6 Å². The predicted molar refractivity (Wildman–Crippen MR) is 100 cm³/mol. The van der Waals surface area contributed by atoms with E-state index < -0.39 is 11.9 Å². The number of carbonyl (C=O) groups is 2. The monoisotopic (exact) mass is 376 g/mol. The third-order valence-electron chi connectivity index (χ3n) is 5.92. The van der Waals surface area contributed by atoms with Gasteiger partial charge in [-0.1, -0.05) is 12.1 Å². The molecule has 2 aliphatic heterocycles. The first-order chi connectivity index (χ1) is 13.0. The van der Waals surface area contributed by atoms with Gasteiger partial charge in [-0.3, -0.25) is 14.5 Å². The summed E-state index contributed by atoms with van der Waals surface area (Å²) in [6.45, 7) is 4.26. The number of ether oxygens (including phenoxy) is 2. The number of aliphatic carboxylic acids is 1. The molecule has 0 radical (unpaired) electrons. The molecule has 0 bridgehead atoms. The van der Waals surface area contributed by atoms with Crippen molar-refractivity contribution in [1.29, 1.82) is 0 Å². The number of carbonyl (C=O) groups excluding carboxylic acids is 1. The van der Waals surface area contributed by atoms with Gasteiger partial charge in [0.25, 0.3) is 0 Å². The Balaban J connectivity index is 1.81. The summed E-state index contributed by atoms with van der Waals surface area (Å²) in [6.07, 6.45) is 1.77. The summed E-state index contributed by atoms with van der Waals surface area (Å²) < 4.78 is 10.9. The van der Waals surface area contributed by atoms with E-state index in [0.717, 1.165) is 31.5 Å². The second-order valence-corrected chi connectivity index (χ2v) is 7.33. The third-order valence-corrected chi connectivity index (χ3v) is 5.92. The lowest BCUT2D eigenvalue weighted by Gasteiger charge is -2.36. The molecule has 0 spiro atoms. The van der Waals surface area contributed by atoms with Crippen LogP contribution in [0.4, 0.5) is 0 Å². The van der Waals surface area contributed by atoms with E-state index in [-0.39, 0.29) is 11.8 Å². The number of likely N-dealkylation sites (tertiary alicyclic amines) is 2. The van der Waals surface area contributed by atoms with Crippen molar-refractivity contribution in [3.8, 4) is 11.5 Å². The van der Waals surface area contributed by atoms with E-state index >= 15 is 0 Å². The lowest BCUT2D eigenvalue weighted by molar-refractivity contribution is -0.141. The zero-order valence-corrected chi connectivity index (χ0v) is 16.2. The van der Waals surface area contributed by atoms with Gasteiger partial charge in [0.05, 0.1) is 20.1 Å². The summed E-state index contributed by atoms with van der Waals surface area (Å²) in [5.74, 6) is -0.0853. The highest BCUT2D eigenvalue weighted by Gasteiger charge is 2.43. The molecule has 27 heavy (non-hydrogen) atoms. The van der Waals surface area contributed by atoms with Gasteiger partial charge >= 0.3 is 5.97 Å². The number of benzene rings is 1. The highest BCUT2D eigenvalue weighted by molar-refractivity contribution is 5.73. The average molecular weight is 376 g/mol. The Bertz CT molecular complexity index is 700. The lowest BCUT2D eigenvalue weighted by atomic mass is 9.88. The minimum atomic E-state index is -0.784. The normalized spacial score (nSPS) is 24.0. The van der Waals surface area contributed by atoms with Crippen molar-refractivity contribution < 1.29 is 24.2 Å². The van der Waals surface area contributed by atoms with Crippen molar-refractivity contribution in [2.45, 2.75) is 31.7 Å².